The maximum Gasteiger partial charge on any atom is 0.181 e. The topological polar surface area (TPSA) is 17.1 Å². The highest BCUT2D eigenvalue weighted by Crippen LogP contribution is 2.39. The molecule has 0 N–H and O–H groups in total. The van der Waals surface area contributed by atoms with E-state index in [4.69, 9.17) is 0 Å². The molecule has 0 bridgehead atoms. The smallest absolute Gasteiger partial charge is 0.181 e. The number of ketones is 1. The molecule has 0 unspecified atom stereocenters. The maximum atomic E-state index is 11.7. The Labute approximate surface area is 93.3 Å². The van der Waals surface area contributed by atoms with Crippen molar-refractivity contribution in [1.29, 1.82) is 0 Å². The number of hydrogen-bond acceptors (Lipinski definition) is 1. The summed E-state index contributed by atoms with van der Waals surface area (Å²) in [5.41, 5.74) is 2.72. The van der Waals surface area contributed by atoms with Crippen molar-refractivity contribution in [3.8, 4) is 0 Å². The van der Waals surface area contributed by atoms with Crippen molar-refractivity contribution >= 4 is 5.78 Å². The monoisotopic (exact) mass is 206 g/mol. The molecule has 1 rings (SSSR count). The number of carbonyl (C=O) groups is 1. The van der Waals surface area contributed by atoms with Crippen molar-refractivity contribution in [1.82, 2.24) is 0 Å². The van der Waals surface area contributed by atoms with Crippen LogP contribution in [0, 0.1) is 5.41 Å². The zero-order valence-electron chi connectivity index (χ0n) is 10.4. The van der Waals surface area contributed by atoms with Gasteiger partial charge in [0.25, 0.3) is 0 Å². The molecule has 1 fully saturated rings. The second-order valence-corrected chi connectivity index (χ2v) is 5.29. The highest BCUT2D eigenvalue weighted by atomic mass is 16.1. The molecule has 0 spiro atoms. The van der Waals surface area contributed by atoms with E-state index in [1.165, 1.54) is 18.4 Å². The third-order valence-electron chi connectivity index (χ3n) is 3.24. The van der Waals surface area contributed by atoms with E-state index in [0.29, 0.717) is 5.41 Å². The van der Waals surface area contributed by atoms with Crippen LogP contribution >= 0.6 is 0 Å². The molecule has 0 atom stereocenters. The lowest BCUT2D eigenvalue weighted by molar-refractivity contribution is -0.111. The predicted molar refractivity (Wildman–Crippen MR) is 64.8 cm³/mol. The van der Waals surface area contributed by atoms with E-state index >= 15 is 0 Å². The molecule has 0 heterocycles. The molecule has 1 nitrogen and oxygen atoms in total. The molecule has 1 saturated carbocycles. The first kappa shape index (κ1) is 12.2. The predicted octanol–water partition coefficient (Wildman–Crippen LogP) is 4.05. The Balaban J connectivity index is 2.85. The van der Waals surface area contributed by atoms with E-state index in [0.717, 1.165) is 18.4 Å². The summed E-state index contributed by atoms with van der Waals surface area (Å²) in [6, 6.07) is 0. The fourth-order valence-electron chi connectivity index (χ4n) is 2.31. The van der Waals surface area contributed by atoms with Gasteiger partial charge >= 0.3 is 0 Å². The van der Waals surface area contributed by atoms with E-state index in [1.54, 1.807) is 6.08 Å². The second-order valence-electron chi connectivity index (χ2n) is 5.29. The Kier molecular flexibility index (Phi) is 3.90. The molecule has 0 aliphatic heterocycles. The fraction of sp³-hybridized carbons (Fsp3) is 0.643. The zero-order chi connectivity index (χ0) is 11.5. The first-order valence-electron chi connectivity index (χ1n) is 5.82. The molecule has 84 valence electrons. The van der Waals surface area contributed by atoms with E-state index in [1.807, 2.05) is 19.9 Å². The molecule has 0 aromatic heterocycles. The van der Waals surface area contributed by atoms with Crippen LogP contribution in [0.4, 0.5) is 0 Å². The summed E-state index contributed by atoms with van der Waals surface area (Å²) in [7, 11) is 0. The second kappa shape index (κ2) is 4.78. The molecule has 0 aromatic carbocycles. The van der Waals surface area contributed by atoms with Gasteiger partial charge < -0.3 is 0 Å². The first-order chi connectivity index (χ1) is 6.96. The minimum absolute atomic E-state index is 0.185. The molecule has 0 radical (unpaired) electrons. The fourth-order valence-corrected chi connectivity index (χ4v) is 2.31. The highest BCUT2D eigenvalue weighted by Gasteiger charge is 2.25. The minimum atomic E-state index is 0.185. The van der Waals surface area contributed by atoms with Crippen LogP contribution in [0.2, 0.25) is 0 Å². The Morgan fingerprint density at radius 3 is 2.60 bits per heavy atom. The normalized spacial score (nSPS) is 24.3. The van der Waals surface area contributed by atoms with Crippen molar-refractivity contribution in [2.45, 2.75) is 53.4 Å². The average Bonchev–Trinajstić information content (AvgIpc) is 2.15. The molecule has 0 amide bonds. The summed E-state index contributed by atoms with van der Waals surface area (Å²) in [5, 5.41) is 0. The van der Waals surface area contributed by atoms with Crippen LogP contribution in [0.1, 0.15) is 53.4 Å². The van der Waals surface area contributed by atoms with Crippen molar-refractivity contribution in [3.05, 3.63) is 23.3 Å². The van der Waals surface area contributed by atoms with Gasteiger partial charge in [-0.25, -0.2) is 0 Å². The number of rotatable bonds is 2. The molecule has 0 saturated heterocycles. The van der Waals surface area contributed by atoms with E-state index in [2.05, 4.69) is 13.8 Å². The van der Waals surface area contributed by atoms with Gasteiger partial charge in [0.2, 0.25) is 0 Å². The Bertz CT molecular complexity index is 305. The summed E-state index contributed by atoms with van der Waals surface area (Å²) in [6.07, 6.45) is 8.19. The summed E-state index contributed by atoms with van der Waals surface area (Å²) >= 11 is 0. The third-order valence-corrected chi connectivity index (χ3v) is 3.24. The van der Waals surface area contributed by atoms with E-state index in [-0.39, 0.29) is 5.78 Å². The molecular weight excluding hydrogens is 184 g/mol. The number of carbonyl (C=O) groups excluding carboxylic acids is 1. The lowest BCUT2D eigenvalue weighted by Gasteiger charge is -2.32. The van der Waals surface area contributed by atoms with Gasteiger partial charge in [-0.3, -0.25) is 4.79 Å². The van der Waals surface area contributed by atoms with Crippen LogP contribution in [0.25, 0.3) is 0 Å². The number of allylic oxidation sites excluding steroid dienone is 4. The Hall–Kier alpha value is -0.850. The Morgan fingerprint density at radius 2 is 2.07 bits per heavy atom. The van der Waals surface area contributed by atoms with Gasteiger partial charge in [0.05, 0.1) is 0 Å². The summed E-state index contributed by atoms with van der Waals surface area (Å²) in [6.45, 7) is 8.44. The van der Waals surface area contributed by atoms with Gasteiger partial charge in [0, 0.05) is 0 Å². The molecule has 1 heteroatoms. The average molecular weight is 206 g/mol. The molecule has 1 aliphatic carbocycles. The van der Waals surface area contributed by atoms with Crippen molar-refractivity contribution in [2.24, 2.45) is 5.41 Å². The van der Waals surface area contributed by atoms with Crippen LogP contribution < -0.4 is 0 Å². The van der Waals surface area contributed by atoms with Crippen molar-refractivity contribution in [2.75, 3.05) is 0 Å². The lowest BCUT2D eigenvalue weighted by atomic mass is 9.73. The van der Waals surface area contributed by atoms with Crippen LogP contribution in [-0.2, 0) is 4.79 Å². The molecular formula is C14H22O. The third kappa shape index (κ3) is 3.33. The van der Waals surface area contributed by atoms with Crippen LogP contribution in [0.5, 0.6) is 0 Å². The van der Waals surface area contributed by atoms with Crippen LogP contribution in [0.3, 0.4) is 0 Å². The summed E-state index contributed by atoms with van der Waals surface area (Å²) in [5.74, 6) is 0.185. The first-order valence-corrected chi connectivity index (χ1v) is 5.82. The van der Waals surface area contributed by atoms with Crippen molar-refractivity contribution in [3.63, 3.8) is 0 Å². The van der Waals surface area contributed by atoms with Gasteiger partial charge in [0.15, 0.2) is 5.78 Å². The Morgan fingerprint density at radius 1 is 1.40 bits per heavy atom. The van der Waals surface area contributed by atoms with Gasteiger partial charge in [-0.15, -0.1) is 0 Å². The zero-order valence-corrected chi connectivity index (χ0v) is 10.4. The summed E-state index contributed by atoms with van der Waals surface area (Å²) in [4.78, 5) is 11.7. The molecule has 1 aliphatic rings. The highest BCUT2D eigenvalue weighted by molar-refractivity contribution is 6.03. The number of hydrogen-bond donors (Lipinski definition) is 0. The molecule has 0 aromatic rings. The van der Waals surface area contributed by atoms with Crippen LogP contribution in [0.15, 0.2) is 23.3 Å². The van der Waals surface area contributed by atoms with Gasteiger partial charge in [-0.2, -0.15) is 0 Å². The summed E-state index contributed by atoms with van der Waals surface area (Å²) < 4.78 is 0. The quantitative estimate of drug-likeness (QED) is 0.623. The standard InChI is InChI=1S/C14H22O/c1-5-7-13(15)11(2)12-8-6-9-14(3,4)10-12/h5,7H,6,8-10H2,1-4H3/b7-5+,12-11-. The molecule has 15 heavy (non-hydrogen) atoms. The van der Waals surface area contributed by atoms with E-state index in [9.17, 15) is 4.79 Å². The van der Waals surface area contributed by atoms with Gasteiger partial charge in [-0.05, 0) is 56.6 Å². The van der Waals surface area contributed by atoms with Crippen molar-refractivity contribution < 1.29 is 4.79 Å². The maximum absolute atomic E-state index is 11.7. The minimum Gasteiger partial charge on any atom is -0.290 e. The lowest BCUT2D eigenvalue weighted by Crippen LogP contribution is -2.19. The SMILES string of the molecule is C/C=C/C(=O)/C(C)=C1/CCCC(C)(C)C1. The van der Waals surface area contributed by atoms with E-state index < -0.39 is 0 Å². The largest absolute Gasteiger partial charge is 0.290 e. The van der Waals surface area contributed by atoms with Crippen LogP contribution in [-0.4, -0.2) is 5.78 Å². The van der Waals surface area contributed by atoms with Gasteiger partial charge in [-0.1, -0.05) is 25.5 Å². The van der Waals surface area contributed by atoms with Gasteiger partial charge in [0.1, 0.15) is 0 Å².